The van der Waals surface area contributed by atoms with E-state index in [0.717, 1.165) is 19.4 Å². The van der Waals surface area contributed by atoms with Gasteiger partial charge in [0.15, 0.2) is 5.78 Å². The molecule has 0 spiro atoms. The molecule has 0 radical (unpaired) electrons. The van der Waals surface area contributed by atoms with Crippen LogP contribution in [-0.4, -0.2) is 36.5 Å². The van der Waals surface area contributed by atoms with Gasteiger partial charge < -0.3 is 14.3 Å². The quantitative estimate of drug-likeness (QED) is 0.731. The number of Topliss-reactive ketones (excluding diaryl/α,β-unsaturated/α-hetero) is 2. The maximum absolute atomic E-state index is 10.7. The number of ketones is 2. The van der Waals surface area contributed by atoms with Crippen molar-refractivity contribution in [3.8, 4) is 0 Å². The van der Waals surface area contributed by atoms with Crippen LogP contribution in [0.2, 0.25) is 0 Å². The van der Waals surface area contributed by atoms with E-state index in [1.165, 1.54) is 38.5 Å². The van der Waals surface area contributed by atoms with E-state index in [2.05, 4.69) is 13.8 Å². The summed E-state index contributed by atoms with van der Waals surface area (Å²) in [5.41, 5.74) is -0.01000. The lowest BCUT2D eigenvalue weighted by molar-refractivity contribution is -0.130. The van der Waals surface area contributed by atoms with Crippen LogP contribution in [0.15, 0.2) is 0 Å². The van der Waals surface area contributed by atoms with Crippen LogP contribution in [0.3, 0.4) is 0 Å². The molecular formula is C20H38O4. The van der Waals surface area contributed by atoms with Gasteiger partial charge in [-0.3, -0.25) is 4.79 Å². The summed E-state index contributed by atoms with van der Waals surface area (Å²) in [5, 5.41) is 0. The first-order valence-corrected chi connectivity index (χ1v) is 9.53. The Hall–Kier alpha value is -0.740. The van der Waals surface area contributed by atoms with E-state index in [-0.39, 0.29) is 23.8 Å². The minimum Gasteiger partial charge on any atom is -0.379 e. The summed E-state index contributed by atoms with van der Waals surface area (Å²) in [6.45, 7) is 10.5. The van der Waals surface area contributed by atoms with Crippen LogP contribution >= 0.6 is 0 Å². The van der Waals surface area contributed by atoms with Crippen molar-refractivity contribution in [3.05, 3.63) is 0 Å². The molecule has 2 fully saturated rings. The van der Waals surface area contributed by atoms with E-state index in [4.69, 9.17) is 9.47 Å². The summed E-state index contributed by atoms with van der Waals surface area (Å²) >= 11 is 0. The average Bonchev–Trinajstić information content (AvgIpc) is 2.56. The second-order valence-electron chi connectivity index (χ2n) is 7.23. The van der Waals surface area contributed by atoms with Crippen LogP contribution in [0.25, 0.3) is 0 Å². The molecule has 0 aromatic heterocycles. The summed E-state index contributed by atoms with van der Waals surface area (Å²) in [7, 11) is 0. The molecule has 0 aromatic rings. The van der Waals surface area contributed by atoms with Crippen LogP contribution in [-0.2, 0) is 19.1 Å². The van der Waals surface area contributed by atoms with Gasteiger partial charge in [-0.05, 0) is 59.8 Å². The van der Waals surface area contributed by atoms with Crippen molar-refractivity contribution in [1.29, 1.82) is 0 Å². The van der Waals surface area contributed by atoms with Crippen LogP contribution in [0.5, 0.6) is 0 Å². The minimum atomic E-state index is -0.01000. The molecule has 2 rings (SSSR count). The van der Waals surface area contributed by atoms with E-state index in [0.29, 0.717) is 12.5 Å². The second-order valence-corrected chi connectivity index (χ2v) is 7.23. The highest BCUT2D eigenvalue weighted by Crippen LogP contribution is 2.30. The topological polar surface area (TPSA) is 52.6 Å². The van der Waals surface area contributed by atoms with Crippen LogP contribution in [0.4, 0.5) is 0 Å². The molecule has 4 nitrogen and oxygen atoms in total. The van der Waals surface area contributed by atoms with E-state index in [1.807, 2.05) is 6.92 Å². The van der Waals surface area contributed by atoms with Crippen molar-refractivity contribution < 1.29 is 19.1 Å². The zero-order valence-corrected chi connectivity index (χ0v) is 16.5. The fraction of sp³-hybridized carbons (Fsp3) is 0.900. The first-order chi connectivity index (χ1) is 11.3. The Labute approximate surface area is 148 Å². The van der Waals surface area contributed by atoms with Gasteiger partial charge in [-0.25, -0.2) is 0 Å². The van der Waals surface area contributed by atoms with Crippen molar-refractivity contribution in [3.63, 3.8) is 0 Å². The maximum atomic E-state index is 10.7. The van der Waals surface area contributed by atoms with Crippen molar-refractivity contribution in [2.75, 3.05) is 13.2 Å². The predicted molar refractivity (Wildman–Crippen MR) is 98.4 cm³/mol. The summed E-state index contributed by atoms with van der Waals surface area (Å²) < 4.78 is 10.9. The van der Waals surface area contributed by atoms with Gasteiger partial charge in [0.2, 0.25) is 0 Å². The number of hydrogen-bond acceptors (Lipinski definition) is 4. The molecule has 0 bridgehead atoms. The normalized spacial score (nSPS) is 22.3. The zero-order valence-electron chi connectivity index (χ0n) is 16.5. The second kappa shape index (κ2) is 13.5. The molecule has 1 saturated carbocycles. The van der Waals surface area contributed by atoms with Crippen LogP contribution < -0.4 is 0 Å². The minimum absolute atomic E-state index is 0.01000. The maximum Gasteiger partial charge on any atom is 0.155 e. The monoisotopic (exact) mass is 342 g/mol. The molecule has 1 atom stereocenters. The molecule has 0 amide bonds. The standard InChI is InChI=1S/C10H18O2.C6H12O.C4H8O/c1-9(11)8-12-10(2)6-4-3-5-7-10;1-6-4-2-3-5-7-6;1-3-4(2)5/h3-8H2,1-2H3;6H,2-5H2,1H3;3H2,1-2H3. The summed E-state index contributed by atoms with van der Waals surface area (Å²) in [5.74, 6) is 0.381. The fourth-order valence-electron chi connectivity index (χ4n) is 2.62. The highest BCUT2D eigenvalue weighted by molar-refractivity contribution is 5.76. The highest BCUT2D eigenvalue weighted by Gasteiger charge is 2.27. The van der Waals surface area contributed by atoms with E-state index in [9.17, 15) is 9.59 Å². The molecule has 1 saturated heterocycles. The third-order valence-corrected chi connectivity index (χ3v) is 4.44. The number of ether oxygens (including phenoxy) is 2. The SMILES string of the molecule is CC(=O)COC1(C)CCCCC1.CC1CCCCO1.CCC(C)=O. The Kier molecular flexibility index (Phi) is 13.1. The summed E-state index contributed by atoms with van der Waals surface area (Å²) in [4.78, 5) is 20.5. The van der Waals surface area contributed by atoms with Crippen molar-refractivity contribution in [2.24, 2.45) is 0 Å². The number of hydrogen-bond donors (Lipinski definition) is 0. The number of carbonyl (C=O) groups is 2. The molecule has 1 aliphatic heterocycles. The number of carbonyl (C=O) groups excluding carboxylic acids is 2. The van der Waals surface area contributed by atoms with Crippen LogP contribution in [0.1, 0.15) is 92.4 Å². The molecule has 1 unspecified atom stereocenters. The molecule has 4 heteroatoms. The average molecular weight is 343 g/mol. The Morgan fingerprint density at radius 1 is 1.04 bits per heavy atom. The van der Waals surface area contributed by atoms with E-state index < -0.39 is 0 Å². The zero-order chi connectivity index (χ0) is 18.4. The molecule has 0 N–H and O–H groups in total. The highest BCUT2D eigenvalue weighted by atomic mass is 16.5. The van der Waals surface area contributed by atoms with Crippen molar-refractivity contribution in [1.82, 2.24) is 0 Å². The molecule has 142 valence electrons. The first-order valence-electron chi connectivity index (χ1n) is 9.53. The van der Waals surface area contributed by atoms with Gasteiger partial charge >= 0.3 is 0 Å². The van der Waals surface area contributed by atoms with Crippen molar-refractivity contribution in [2.45, 2.75) is 104 Å². The molecule has 1 aliphatic carbocycles. The third-order valence-electron chi connectivity index (χ3n) is 4.44. The van der Waals surface area contributed by atoms with Crippen LogP contribution in [0, 0.1) is 0 Å². The van der Waals surface area contributed by atoms with Gasteiger partial charge in [-0.15, -0.1) is 0 Å². The lowest BCUT2D eigenvalue weighted by Gasteiger charge is -2.33. The smallest absolute Gasteiger partial charge is 0.155 e. The molecule has 2 aliphatic rings. The van der Waals surface area contributed by atoms with Gasteiger partial charge in [0.05, 0.1) is 11.7 Å². The Morgan fingerprint density at radius 2 is 1.62 bits per heavy atom. The molecule has 0 aromatic carbocycles. The van der Waals surface area contributed by atoms with Gasteiger partial charge in [0, 0.05) is 13.0 Å². The van der Waals surface area contributed by atoms with Gasteiger partial charge in [-0.1, -0.05) is 26.2 Å². The third kappa shape index (κ3) is 13.7. The lowest BCUT2D eigenvalue weighted by Crippen LogP contribution is -2.32. The van der Waals surface area contributed by atoms with Crippen molar-refractivity contribution >= 4 is 11.6 Å². The Morgan fingerprint density at radius 3 is 1.96 bits per heavy atom. The number of rotatable bonds is 4. The summed E-state index contributed by atoms with van der Waals surface area (Å²) in [6, 6.07) is 0. The lowest BCUT2D eigenvalue weighted by atomic mass is 9.86. The van der Waals surface area contributed by atoms with Gasteiger partial charge in [0.1, 0.15) is 12.4 Å². The van der Waals surface area contributed by atoms with Gasteiger partial charge in [-0.2, -0.15) is 0 Å². The largest absolute Gasteiger partial charge is 0.379 e. The predicted octanol–water partition coefficient (Wildman–Crippen LogP) is 4.88. The van der Waals surface area contributed by atoms with Gasteiger partial charge in [0.25, 0.3) is 0 Å². The summed E-state index contributed by atoms with van der Waals surface area (Å²) in [6.07, 6.45) is 11.1. The fourth-order valence-corrected chi connectivity index (χ4v) is 2.62. The van der Waals surface area contributed by atoms with E-state index >= 15 is 0 Å². The first kappa shape index (κ1) is 23.3. The molecule has 24 heavy (non-hydrogen) atoms. The molecule has 1 heterocycles. The Bertz CT molecular complexity index is 340. The Balaban J connectivity index is 0.000000373. The molecular weight excluding hydrogens is 304 g/mol. The van der Waals surface area contributed by atoms with E-state index in [1.54, 1.807) is 13.8 Å².